The van der Waals surface area contributed by atoms with Gasteiger partial charge in [0.25, 0.3) is 4.60 Å². The lowest BCUT2D eigenvalue weighted by molar-refractivity contribution is -0.682. The number of nitrogens with zero attached hydrogens (tertiary/aromatic N) is 2. The van der Waals surface area contributed by atoms with Crippen LogP contribution in [-0.2, 0) is 7.05 Å². The van der Waals surface area contributed by atoms with Crippen molar-refractivity contribution in [1.82, 2.24) is 4.90 Å². The smallest absolute Gasteiger partial charge is 0.289 e. The molecule has 1 heterocycles. The van der Waals surface area contributed by atoms with Crippen molar-refractivity contribution in [1.29, 1.82) is 0 Å². The standard InChI is InChI=1S/C6H6BrNO.C3H7NO2.BrH/c1-8-4-2-3-5(9)6(8)7;1-4(2)3(5)6;/h2-4H,1H3;1-2H3,(H,5,6);1H/p-1. The van der Waals surface area contributed by atoms with Crippen molar-refractivity contribution in [3.05, 3.63) is 22.9 Å². The lowest BCUT2D eigenvalue weighted by Gasteiger charge is -2.10. The zero-order valence-corrected chi connectivity index (χ0v) is 12.3. The molecule has 0 saturated carbocycles. The SMILES string of the molecule is CN(C)C(=O)[O-].C[n+]1cccc(O)c1Br.[Br-]. The Labute approximate surface area is 113 Å². The number of halogens is 2. The van der Waals surface area contributed by atoms with Gasteiger partial charge in [0.05, 0.1) is 0 Å². The van der Waals surface area contributed by atoms with E-state index in [1.165, 1.54) is 14.1 Å². The number of hydrogen-bond donors (Lipinski definition) is 1. The molecule has 0 atom stereocenters. The van der Waals surface area contributed by atoms with Crippen molar-refractivity contribution in [2.45, 2.75) is 0 Å². The van der Waals surface area contributed by atoms with E-state index < -0.39 is 6.09 Å². The fraction of sp³-hybridized carbons (Fsp3) is 0.333. The van der Waals surface area contributed by atoms with Crippen molar-refractivity contribution >= 4 is 22.0 Å². The van der Waals surface area contributed by atoms with E-state index in [2.05, 4.69) is 15.9 Å². The molecule has 0 bridgehead atoms. The Kier molecular flexibility index (Phi) is 9.17. The highest BCUT2D eigenvalue weighted by Gasteiger charge is 2.05. The van der Waals surface area contributed by atoms with E-state index in [1.807, 2.05) is 13.2 Å². The van der Waals surface area contributed by atoms with Gasteiger partial charge in [-0.25, -0.2) is 0 Å². The number of carbonyl (C=O) groups excluding carboxylic acids is 1. The third kappa shape index (κ3) is 6.62. The lowest BCUT2D eigenvalue weighted by Crippen LogP contribution is -3.00. The van der Waals surface area contributed by atoms with Crippen molar-refractivity contribution in [3.8, 4) is 5.75 Å². The van der Waals surface area contributed by atoms with Gasteiger partial charge in [0.1, 0.15) is 13.1 Å². The number of carbonyl (C=O) groups is 1. The van der Waals surface area contributed by atoms with Crippen LogP contribution in [0.15, 0.2) is 22.9 Å². The van der Waals surface area contributed by atoms with Crippen molar-refractivity contribution < 1.29 is 36.6 Å². The Morgan fingerprint density at radius 2 is 2.00 bits per heavy atom. The molecule has 1 rings (SSSR count). The number of pyridine rings is 1. The molecule has 0 aliphatic rings. The molecule has 1 aromatic heterocycles. The monoisotopic (exact) mass is 355 g/mol. The minimum Gasteiger partial charge on any atom is -1.00 e. The third-order valence-electron chi connectivity index (χ3n) is 1.45. The highest BCUT2D eigenvalue weighted by atomic mass is 79.9. The molecule has 0 aliphatic carbocycles. The maximum Gasteiger partial charge on any atom is 0.289 e. The van der Waals surface area contributed by atoms with E-state index in [1.54, 1.807) is 16.7 Å². The normalized spacial score (nSPS) is 8.25. The molecular weight excluding hydrogens is 344 g/mol. The first-order valence-electron chi connectivity index (χ1n) is 4.07. The molecule has 7 heteroatoms. The quantitative estimate of drug-likeness (QED) is 0.395. The Morgan fingerprint density at radius 3 is 2.25 bits per heavy atom. The fourth-order valence-electron chi connectivity index (χ4n) is 0.578. The van der Waals surface area contributed by atoms with Crippen molar-refractivity contribution in [2.75, 3.05) is 14.1 Å². The summed E-state index contributed by atoms with van der Waals surface area (Å²) in [5, 5.41) is 18.5. The molecule has 0 fully saturated rings. The van der Waals surface area contributed by atoms with Gasteiger partial charge in [-0.15, -0.1) is 0 Å². The summed E-state index contributed by atoms with van der Waals surface area (Å²) in [6.45, 7) is 0. The van der Waals surface area contributed by atoms with Gasteiger partial charge in [0.15, 0.2) is 11.9 Å². The van der Waals surface area contributed by atoms with Crippen LogP contribution >= 0.6 is 15.9 Å². The number of rotatable bonds is 0. The molecule has 1 N–H and O–H groups in total. The summed E-state index contributed by atoms with van der Waals surface area (Å²) in [5.74, 6) is 0.264. The average molecular weight is 357 g/mol. The molecule has 0 radical (unpaired) electrons. The summed E-state index contributed by atoms with van der Waals surface area (Å²) >= 11 is 3.19. The number of amides is 1. The topological polar surface area (TPSA) is 67.5 Å². The third-order valence-corrected chi connectivity index (χ3v) is 2.42. The molecule has 0 spiro atoms. The minimum atomic E-state index is -1.16. The molecule has 0 unspecified atom stereocenters. The molecular formula is C9H13Br2N2O3-. The molecule has 5 nitrogen and oxygen atoms in total. The molecule has 0 aliphatic heterocycles. The highest BCUT2D eigenvalue weighted by Crippen LogP contribution is 2.16. The van der Waals surface area contributed by atoms with Crippen LogP contribution < -0.4 is 26.7 Å². The summed E-state index contributed by atoms with van der Waals surface area (Å²) < 4.78 is 2.49. The molecule has 16 heavy (non-hydrogen) atoms. The largest absolute Gasteiger partial charge is 1.00 e. The Balaban J connectivity index is 0. The van der Waals surface area contributed by atoms with Gasteiger partial charge in [-0.05, 0) is 6.07 Å². The van der Waals surface area contributed by atoms with E-state index in [0.29, 0.717) is 4.60 Å². The Bertz CT molecular complexity index is 325. The van der Waals surface area contributed by atoms with Gasteiger partial charge in [0, 0.05) is 36.1 Å². The van der Waals surface area contributed by atoms with E-state index in [4.69, 9.17) is 5.11 Å². The second-order valence-electron chi connectivity index (χ2n) is 2.96. The Hall–Kier alpha value is -0.820. The van der Waals surface area contributed by atoms with Gasteiger partial charge in [-0.3, -0.25) is 0 Å². The maximum absolute atomic E-state index is 9.51. The number of carboxylic acid groups (broad SMARTS) is 1. The van der Waals surface area contributed by atoms with E-state index in [0.717, 1.165) is 4.90 Å². The summed E-state index contributed by atoms with van der Waals surface area (Å²) in [4.78, 5) is 10.5. The number of aromatic hydroxyl groups is 1. The first kappa shape index (κ1) is 17.6. The predicted molar refractivity (Wildman–Crippen MR) is 56.1 cm³/mol. The van der Waals surface area contributed by atoms with E-state index in [-0.39, 0.29) is 22.7 Å². The average Bonchev–Trinajstić information content (AvgIpc) is 2.15. The van der Waals surface area contributed by atoms with Gasteiger partial charge in [0.2, 0.25) is 0 Å². The number of hydrogen-bond acceptors (Lipinski definition) is 3. The second-order valence-corrected chi connectivity index (χ2v) is 3.71. The minimum absolute atomic E-state index is 0. The zero-order chi connectivity index (χ0) is 12.0. The van der Waals surface area contributed by atoms with Gasteiger partial charge < -0.3 is 36.9 Å². The van der Waals surface area contributed by atoms with E-state index >= 15 is 0 Å². The van der Waals surface area contributed by atoms with Crippen LogP contribution in [0.1, 0.15) is 0 Å². The van der Waals surface area contributed by atoms with Gasteiger partial charge in [-0.1, -0.05) is 0 Å². The zero-order valence-electron chi connectivity index (χ0n) is 9.15. The number of aryl methyl sites for hydroxylation is 1. The van der Waals surface area contributed by atoms with Crippen LogP contribution in [0.4, 0.5) is 4.79 Å². The first-order chi connectivity index (χ1) is 6.86. The van der Waals surface area contributed by atoms with Crippen LogP contribution in [0.5, 0.6) is 5.75 Å². The predicted octanol–water partition coefficient (Wildman–Crippen LogP) is -3.13. The van der Waals surface area contributed by atoms with Gasteiger partial charge >= 0.3 is 0 Å². The molecule has 92 valence electrons. The molecule has 0 aromatic carbocycles. The van der Waals surface area contributed by atoms with Crippen LogP contribution in [0.2, 0.25) is 0 Å². The first-order valence-corrected chi connectivity index (χ1v) is 4.87. The summed E-state index contributed by atoms with van der Waals surface area (Å²) in [6.07, 6.45) is 0.694. The summed E-state index contributed by atoms with van der Waals surface area (Å²) in [6, 6.07) is 3.41. The van der Waals surface area contributed by atoms with Crippen molar-refractivity contribution in [2.24, 2.45) is 7.05 Å². The molecule has 1 aromatic rings. The highest BCUT2D eigenvalue weighted by molar-refractivity contribution is 9.10. The summed E-state index contributed by atoms with van der Waals surface area (Å²) in [7, 11) is 4.68. The lowest BCUT2D eigenvalue weighted by atomic mass is 10.5. The fourth-order valence-corrected chi connectivity index (χ4v) is 0.829. The van der Waals surface area contributed by atoms with Crippen LogP contribution in [0.3, 0.4) is 0 Å². The molecule has 0 saturated heterocycles. The van der Waals surface area contributed by atoms with Crippen LogP contribution in [0, 0.1) is 0 Å². The van der Waals surface area contributed by atoms with E-state index in [9.17, 15) is 9.90 Å². The summed E-state index contributed by atoms with van der Waals surface area (Å²) in [5.41, 5.74) is 0. The van der Waals surface area contributed by atoms with Gasteiger partial charge in [-0.2, -0.15) is 4.57 Å². The molecule has 1 amide bonds. The van der Waals surface area contributed by atoms with Crippen LogP contribution in [0.25, 0.3) is 0 Å². The second kappa shape index (κ2) is 8.35. The number of aromatic nitrogens is 1. The van der Waals surface area contributed by atoms with Crippen LogP contribution in [-0.4, -0.2) is 30.2 Å². The Morgan fingerprint density at radius 1 is 1.56 bits per heavy atom. The van der Waals surface area contributed by atoms with Crippen molar-refractivity contribution in [3.63, 3.8) is 0 Å². The maximum atomic E-state index is 9.51.